The molecule has 0 radical (unpaired) electrons. The third kappa shape index (κ3) is 2.63. The van der Waals surface area contributed by atoms with E-state index in [0.717, 1.165) is 24.2 Å². The van der Waals surface area contributed by atoms with Gasteiger partial charge in [-0.25, -0.2) is 4.79 Å². The molecule has 3 N–H and O–H groups in total. The van der Waals surface area contributed by atoms with E-state index >= 15 is 0 Å². The SMILES string of the molecule is CC1(C)NC(=O)N(CCC(=O)NC2(CO)CCC2)C1=O. The van der Waals surface area contributed by atoms with E-state index in [9.17, 15) is 19.5 Å². The Balaban J connectivity index is 1.85. The normalized spacial score (nSPS) is 23.2. The summed E-state index contributed by atoms with van der Waals surface area (Å²) < 4.78 is 0. The number of nitrogens with one attached hydrogen (secondary N) is 2. The molecule has 1 saturated carbocycles. The molecule has 0 aromatic carbocycles. The number of hydrogen-bond acceptors (Lipinski definition) is 4. The maximum Gasteiger partial charge on any atom is 0.325 e. The number of aliphatic hydroxyl groups excluding tert-OH is 1. The maximum absolute atomic E-state index is 11.9. The third-order valence-corrected chi connectivity index (χ3v) is 4.02. The van der Waals surface area contributed by atoms with Crippen LogP contribution in [0.3, 0.4) is 0 Å². The predicted octanol–water partition coefficient (Wildman–Crippen LogP) is -0.262. The van der Waals surface area contributed by atoms with Gasteiger partial charge in [0.1, 0.15) is 5.54 Å². The summed E-state index contributed by atoms with van der Waals surface area (Å²) in [6.45, 7) is 3.24. The van der Waals surface area contributed by atoms with Crippen molar-refractivity contribution in [1.82, 2.24) is 15.5 Å². The van der Waals surface area contributed by atoms with Gasteiger partial charge in [-0.2, -0.15) is 0 Å². The largest absolute Gasteiger partial charge is 0.394 e. The second kappa shape index (κ2) is 5.05. The minimum absolute atomic E-state index is 0.0526. The Labute approximate surface area is 117 Å². The second-order valence-electron chi connectivity index (χ2n) is 6.10. The van der Waals surface area contributed by atoms with Crippen LogP contribution in [0.4, 0.5) is 4.79 Å². The number of rotatable bonds is 5. The lowest BCUT2D eigenvalue weighted by Crippen LogP contribution is -2.56. The minimum Gasteiger partial charge on any atom is -0.394 e. The molecule has 1 aliphatic heterocycles. The van der Waals surface area contributed by atoms with Crippen LogP contribution >= 0.6 is 0 Å². The number of aliphatic hydroxyl groups is 1. The van der Waals surface area contributed by atoms with Crippen molar-refractivity contribution in [3.8, 4) is 0 Å². The van der Waals surface area contributed by atoms with Crippen LogP contribution in [0.2, 0.25) is 0 Å². The summed E-state index contributed by atoms with van der Waals surface area (Å²) in [4.78, 5) is 36.5. The number of carbonyl (C=O) groups excluding carboxylic acids is 3. The van der Waals surface area contributed by atoms with Crippen LogP contribution in [0.15, 0.2) is 0 Å². The fourth-order valence-corrected chi connectivity index (χ4v) is 2.52. The highest BCUT2D eigenvalue weighted by atomic mass is 16.3. The number of hydrogen-bond donors (Lipinski definition) is 3. The van der Waals surface area contributed by atoms with E-state index in [1.165, 1.54) is 0 Å². The summed E-state index contributed by atoms with van der Waals surface area (Å²) in [7, 11) is 0. The molecule has 2 fully saturated rings. The molecule has 1 saturated heterocycles. The van der Waals surface area contributed by atoms with Gasteiger partial charge < -0.3 is 15.7 Å². The van der Waals surface area contributed by atoms with E-state index in [2.05, 4.69) is 10.6 Å². The molecule has 20 heavy (non-hydrogen) atoms. The Morgan fingerprint density at radius 2 is 2.05 bits per heavy atom. The van der Waals surface area contributed by atoms with Crippen LogP contribution < -0.4 is 10.6 Å². The first-order valence-electron chi connectivity index (χ1n) is 6.86. The molecule has 0 aromatic rings. The lowest BCUT2D eigenvalue weighted by molar-refractivity contribution is -0.131. The summed E-state index contributed by atoms with van der Waals surface area (Å²) >= 11 is 0. The molecule has 0 spiro atoms. The van der Waals surface area contributed by atoms with Crippen molar-refractivity contribution in [3.05, 3.63) is 0 Å². The maximum atomic E-state index is 11.9. The molecule has 7 nitrogen and oxygen atoms in total. The standard InChI is InChI=1S/C13H21N3O4/c1-12(2)10(19)16(11(20)15-12)7-4-9(18)14-13(8-17)5-3-6-13/h17H,3-8H2,1-2H3,(H,14,18)(H,15,20). The fraction of sp³-hybridized carbons (Fsp3) is 0.769. The van der Waals surface area contributed by atoms with Crippen LogP contribution in [0.5, 0.6) is 0 Å². The summed E-state index contributed by atoms with van der Waals surface area (Å²) in [5.41, 5.74) is -1.40. The first kappa shape index (κ1) is 14.8. The Kier molecular flexibility index (Phi) is 3.73. The highest BCUT2D eigenvalue weighted by molar-refractivity contribution is 6.06. The first-order valence-corrected chi connectivity index (χ1v) is 6.86. The van der Waals surface area contributed by atoms with Crippen LogP contribution in [-0.4, -0.2) is 52.1 Å². The Hall–Kier alpha value is -1.63. The average Bonchev–Trinajstić information content (AvgIpc) is 2.51. The van der Waals surface area contributed by atoms with E-state index in [0.29, 0.717) is 0 Å². The molecule has 1 aliphatic carbocycles. The zero-order valence-electron chi connectivity index (χ0n) is 11.9. The number of imide groups is 1. The van der Waals surface area contributed by atoms with Crippen molar-refractivity contribution >= 4 is 17.8 Å². The van der Waals surface area contributed by atoms with Crippen molar-refractivity contribution in [2.75, 3.05) is 13.2 Å². The van der Waals surface area contributed by atoms with Crippen LogP contribution in [0.25, 0.3) is 0 Å². The van der Waals surface area contributed by atoms with Crippen molar-refractivity contribution in [3.63, 3.8) is 0 Å². The van der Waals surface area contributed by atoms with Gasteiger partial charge in [-0.3, -0.25) is 14.5 Å². The summed E-state index contributed by atoms with van der Waals surface area (Å²) in [5.74, 6) is -0.570. The van der Waals surface area contributed by atoms with E-state index in [-0.39, 0.29) is 31.4 Å². The third-order valence-electron chi connectivity index (χ3n) is 4.02. The first-order chi connectivity index (χ1) is 9.30. The minimum atomic E-state index is -0.909. The molecule has 0 atom stereocenters. The van der Waals surface area contributed by atoms with Gasteiger partial charge in [0.2, 0.25) is 5.91 Å². The number of carbonyl (C=O) groups is 3. The van der Waals surface area contributed by atoms with E-state index in [1.807, 2.05) is 0 Å². The monoisotopic (exact) mass is 283 g/mol. The quantitative estimate of drug-likeness (QED) is 0.605. The number of urea groups is 1. The van der Waals surface area contributed by atoms with Gasteiger partial charge in [0, 0.05) is 13.0 Å². The highest BCUT2D eigenvalue weighted by Crippen LogP contribution is 2.31. The zero-order valence-corrected chi connectivity index (χ0v) is 11.9. The molecular weight excluding hydrogens is 262 g/mol. The lowest BCUT2D eigenvalue weighted by atomic mass is 9.77. The molecule has 1 heterocycles. The van der Waals surface area contributed by atoms with Gasteiger partial charge in [0.25, 0.3) is 5.91 Å². The van der Waals surface area contributed by atoms with Crippen molar-refractivity contribution in [2.24, 2.45) is 0 Å². The molecule has 4 amide bonds. The molecule has 2 rings (SSSR count). The van der Waals surface area contributed by atoms with Crippen molar-refractivity contribution < 1.29 is 19.5 Å². The van der Waals surface area contributed by atoms with E-state index in [1.54, 1.807) is 13.8 Å². The van der Waals surface area contributed by atoms with Gasteiger partial charge in [0.05, 0.1) is 12.1 Å². The topological polar surface area (TPSA) is 98.7 Å². The Morgan fingerprint density at radius 1 is 1.40 bits per heavy atom. The van der Waals surface area contributed by atoms with Crippen molar-refractivity contribution in [1.29, 1.82) is 0 Å². The van der Waals surface area contributed by atoms with Gasteiger partial charge >= 0.3 is 6.03 Å². The Morgan fingerprint density at radius 3 is 2.45 bits per heavy atom. The number of amides is 4. The van der Waals surface area contributed by atoms with Gasteiger partial charge in [-0.15, -0.1) is 0 Å². The zero-order chi connectivity index (χ0) is 15.0. The lowest BCUT2D eigenvalue weighted by Gasteiger charge is -2.41. The highest BCUT2D eigenvalue weighted by Gasteiger charge is 2.44. The summed E-state index contributed by atoms with van der Waals surface area (Å²) in [6, 6.07) is -0.465. The summed E-state index contributed by atoms with van der Waals surface area (Å²) in [5, 5.41) is 14.6. The Bertz CT molecular complexity index is 437. The van der Waals surface area contributed by atoms with Crippen molar-refractivity contribution in [2.45, 2.75) is 50.6 Å². The molecule has 0 unspecified atom stereocenters. The molecule has 7 heteroatoms. The van der Waals surface area contributed by atoms with Crippen LogP contribution in [-0.2, 0) is 9.59 Å². The predicted molar refractivity (Wildman–Crippen MR) is 70.8 cm³/mol. The average molecular weight is 283 g/mol. The van der Waals surface area contributed by atoms with E-state index in [4.69, 9.17) is 0 Å². The number of nitrogens with zero attached hydrogens (tertiary/aromatic N) is 1. The van der Waals surface area contributed by atoms with Gasteiger partial charge in [0.15, 0.2) is 0 Å². The molecular formula is C13H21N3O4. The summed E-state index contributed by atoms with van der Waals surface area (Å²) in [6.07, 6.45) is 2.58. The molecule has 0 bridgehead atoms. The molecule has 112 valence electrons. The van der Waals surface area contributed by atoms with Crippen LogP contribution in [0, 0.1) is 0 Å². The molecule has 2 aliphatic rings. The molecule has 0 aromatic heterocycles. The van der Waals surface area contributed by atoms with E-state index < -0.39 is 17.1 Å². The second-order valence-corrected chi connectivity index (χ2v) is 6.10. The van der Waals surface area contributed by atoms with Gasteiger partial charge in [-0.1, -0.05) is 0 Å². The smallest absolute Gasteiger partial charge is 0.325 e. The fourth-order valence-electron chi connectivity index (χ4n) is 2.52. The van der Waals surface area contributed by atoms with Crippen LogP contribution in [0.1, 0.15) is 39.5 Å². The van der Waals surface area contributed by atoms with Gasteiger partial charge in [-0.05, 0) is 33.1 Å².